The third-order valence-corrected chi connectivity index (χ3v) is 0. The first-order valence-corrected chi connectivity index (χ1v) is 0. The smallest absolute Gasteiger partial charge is 0 e. The van der Waals surface area contributed by atoms with E-state index in [2.05, 4.69) is 0 Å². The van der Waals surface area contributed by atoms with Crippen molar-refractivity contribution in [1.82, 2.24) is 0 Å². The Morgan fingerprint density at radius 2 is 1.00 bits per heavy atom. The minimum atomic E-state index is 0. The van der Waals surface area contributed by atoms with Crippen molar-refractivity contribution < 1.29 is 55.3 Å². The fourth-order valence-electron chi connectivity index (χ4n) is 0. The van der Waals surface area contributed by atoms with E-state index in [0.717, 1.165) is 0 Å². The summed E-state index contributed by atoms with van der Waals surface area (Å²) in [5.74, 6) is 0. The monoisotopic (exact) mass is 303 g/mol. The van der Waals surface area contributed by atoms with Crippen LogP contribution in [0, 0.1) is 0 Å². The van der Waals surface area contributed by atoms with Crippen LogP contribution in [0.25, 0.3) is 0 Å². The van der Waals surface area contributed by atoms with Crippen molar-refractivity contribution in [2.45, 2.75) is 0 Å². The van der Waals surface area contributed by atoms with Crippen LogP contribution in [-0.4, -0.2) is 54.4 Å². The van der Waals surface area contributed by atoms with Gasteiger partial charge in [-0.2, -0.15) is 0 Å². The van der Waals surface area contributed by atoms with E-state index < -0.39 is 0 Å². The van der Waals surface area contributed by atoms with Crippen LogP contribution in [0.1, 0.15) is 0 Å². The van der Waals surface area contributed by atoms with Crippen LogP contribution in [0.4, 0.5) is 0 Å². The molecular formula is H4BaFeOY. The van der Waals surface area contributed by atoms with Crippen molar-refractivity contribution in [2.24, 2.45) is 0 Å². The standard InChI is InChI=1S/Ba.Fe.H2O.Y.2H/h;;1H2;;;. The zero-order valence-corrected chi connectivity index (χ0v) is 5.37. The Morgan fingerprint density at radius 1 is 1.00 bits per heavy atom. The summed E-state index contributed by atoms with van der Waals surface area (Å²) < 4.78 is 0. The predicted octanol–water partition coefficient (Wildman–Crippen LogP) is -1.75. The summed E-state index contributed by atoms with van der Waals surface area (Å²) in [6, 6.07) is 0. The van der Waals surface area contributed by atoms with Gasteiger partial charge in [-0.15, -0.1) is 0 Å². The minimum Gasteiger partial charge on any atom is 0 e. The molecule has 0 bridgehead atoms. The molecule has 0 saturated carbocycles. The van der Waals surface area contributed by atoms with Crippen molar-refractivity contribution in [3.63, 3.8) is 0 Å². The molecular weight excluding hydrogens is 298 g/mol. The average Bonchev–Trinajstić information content (AvgIpc) is 0. The molecule has 4 heteroatoms. The molecule has 0 aromatic rings. The quantitative estimate of drug-likeness (QED) is 0.476. The first-order valence-electron chi connectivity index (χ1n) is 0. The third-order valence-electron chi connectivity index (χ3n) is 0. The molecule has 4 heavy (non-hydrogen) atoms. The van der Waals surface area contributed by atoms with Crippen LogP contribution in [-0.2, 0) is 49.8 Å². The van der Waals surface area contributed by atoms with Gasteiger partial charge in [0.15, 0.2) is 0 Å². The molecule has 0 aliphatic heterocycles. The van der Waals surface area contributed by atoms with Crippen molar-refractivity contribution in [3.8, 4) is 0 Å². The predicted molar refractivity (Wildman–Crippen MR) is 12.2 cm³/mol. The van der Waals surface area contributed by atoms with Crippen LogP contribution in [0.2, 0.25) is 0 Å². The molecule has 0 amide bonds. The summed E-state index contributed by atoms with van der Waals surface area (Å²) >= 11 is 0. The molecule has 1 nitrogen and oxygen atoms in total. The molecule has 0 unspecified atom stereocenters. The normalized spacial score (nSPS) is 0. The van der Waals surface area contributed by atoms with Gasteiger partial charge in [0.25, 0.3) is 0 Å². The summed E-state index contributed by atoms with van der Waals surface area (Å²) in [7, 11) is 0. The van der Waals surface area contributed by atoms with Crippen molar-refractivity contribution in [3.05, 3.63) is 0 Å². The molecule has 0 rings (SSSR count). The van der Waals surface area contributed by atoms with Crippen LogP contribution < -0.4 is 0 Å². The molecule has 0 aliphatic carbocycles. The third kappa shape index (κ3) is 8.94. The maximum absolute atomic E-state index is 0. The first-order chi connectivity index (χ1) is 0. The fourth-order valence-corrected chi connectivity index (χ4v) is 0. The van der Waals surface area contributed by atoms with E-state index in [9.17, 15) is 0 Å². The summed E-state index contributed by atoms with van der Waals surface area (Å²) in [6.45, 7) is 0. The molecule has 0 heterocycles. The van der Waals surface area contributed by atoms with E-state index in [4.69, 9.17) is 0 Å². The van der Waals surface area contributed by atoms with Gasteiger partial charge in [-0.25, -0.2) is 0 Å². The summed E-state index contributed by atoms with van der Waals surface area (Å²) in [5.41, 5.74) is 0. The largest absolute Gasteiger partial charge is 0 e. The molecule has 23 valence electrons. The summed E-state index contributed by atoms with van der Waals surface area (Å²) in [5, 5.41) is 0. The van der Waals surface area contributed by atoms with E-state index in [1.165, 1.54) is 0 Å². The number of rotatable bonds is 0. The first kappa shape index (κ1) is 27.2. The van der Waals surface area contributed by atoms with Gasteiger partial charge in [-0.1, -0.05) is 0 Å². The maximum atomic E-state index is 0. The minimum absolute atomic E-state index is 0. The molecule has 0 fully saturated rings. The summed E-state index contributed by atoms with van der Waals surface area (Å²) in [4.78, 5) is 0. The van der Waals surface area contributed by atoms with E-state index in [-0.39, 0.29) is 104 Å². The zero-order chi connectivity index (χ0) is 0. The van der Waals surface area contributed by atoms with Gasteiger partial charge in [-0.3, -0.25) is 0 Å². The van der Waals surface area contributed by atoms with Gasteiger partial charge in [0.05, 0.1) is 0 Å². The van der Waals surface area contributed by atoms with Crippen LogP contribution in [0.5, 0.6) is 0 Å². The summed E-state index contributed by atoms with van der Waals surface area (Å²) in [6.07, 6.45) is 0. The Balaban J connectivity index is 0. The Kier molecular flexibility index (Phi) is 112. The zero-order valence-electron chi connectivity index (χ0n) is 1.43. The van der Waals surface area contributed by atoms with E-state index >= 15 is 0 Å². The number of hydrogen-bond acceptors (Lipinski definition) is 0. The molecule has 0 saturated heterocycles. The van der Waals surface area contributed by atoms with Crippen LogP contribution in [0.15, 0.2) is 0 Å². The topological polar surface area (TPSA) is 31.5 Å². The van der Waals surface area contributed by atoms with Gasteiger partial charge < -0.3 is 5.48 Å². The average molecular weight is 302 g/mol. The van der Waals surface area contributed by atoms with Crippen LogP contribution in [0.3, 0.4) is 0 Å². The molecule has 0 aromatic carbocycles. The molecule has 0 aliphatic rings. The Hall–Kier alpha value is 3.15. The van der Waals surface area contributed by atoms with Crippen molar-refractivity contribution in [2.75, 3.05) is 0 Å². The molecule has 1 radical (unpaired) electrons. The SMILES string of the molecule is O.[BaH2].[Fe].[Y]. The van der Waals surface area contributed by atoms with E-state index in [1.54, 1.807) is 0 Å². The Morgan fingerprint density at radius 3 is 1.00 bits per heavy atom. The van der Waals surface area contributed by atoms with Crippen molar-refractivity contribution >= 4 is 48.9 Å². The Bertz CT molecular complexity index is 8.00. The molecule has 2 N–H and O–H groups in total. The van der Waals surface area contributed by atoms with Gasteiger partial charge in [0.2, 0.25) is 0 Å². The van der Waals surface area contributed by atoms with Crippen molar-refractivity contribution in [1.29, 1.82) is 0 Å². The van der Waals surface area contributed by atoms with E-state index in [0.29, 0.717) is 0 Å². The van der Waals surface area contributed by atoms with Gasteiger partial charge in [0.1, 0.15) is 0 Å². The Labute approximate surface area is 101 Å². The molecule has 0 atom stereocenters. The second kappa shape index (κ2) is 16.4. The second-order valence-electron chi connectivity index (χ2n) is 0. The van der Waals surface area contributed by atoms with E-state index in [1.807, 2.05) is 0 Å². The van der Waals surface area contributed by atoms with Gasteiger partial charge >= 0.3 is 48.9 Å². The second-order valence-corrected chi connectivity index (χ2v) is 0. The molecule has 0 spiro atoms. The number of hydrogen-bond donors (Lipinski definition) is 0. The maximum Gasteiger partial charge on any atom is 0 e. The van der Waals surface area contributed by atoms with Gasteiger partial charge in [0, 0.05) is 49.8 Å². The van der Waals surface area contributed by atoms with Gasteiger partial charge in [-0.05, 0) is 0 Å². The molecule has 0 aromatic heterocycles. The van der Waals surface area contributed by atoms with Crippen LogP contribution >= 0.6 is 0 Å². The fraction of sp³-hybridized carbons (Fsp3) is 0.